The normalized spacial score (nSPS) is 11.4. The van der Waals surface area contributed by atoms with Gasteiger partial charge in [-0.05, 0) is 12.8 Å². The topological polar surface area (TPSA) is 54.0 Å². The lowest BCUT2D eigenvalue weighted by Gasteiger charge is -2.08. The van der Waals surface area contributed by atoms with Crippen molar-refractivity contribution in [1.29, 1.82) is 0 Å². The second-order valence-electron chi connectivity index (χ2n) is 12.6. The fourth-order valence-electron chi connectivity index (χ4n) is 5.51. The number of hydrogen-bond donors (Lipinski definition) is 0. The van der Waals surface area contributed by atoms with Crippen molar-refractivity contribution in [2.75, 3.05) is 46.2 Å². The van der Waals surface area contributed by atoms with E-state index in [1.54, 1.807) is 0 Å². The lowest BCUT2D eigenvalue weighted by Crippen LogP contribution is -2.14. The lowest BCUT2D eigenvalue weighted by molar-refractivity contribution is -0.145. The summed E-state index contributed by atoms with van der Waals surface area (Å²) in [5, 5.41) is 0. The van der Waals surface area contributed by atoms with Gasteiger partial charge in [0, 0.05) is 13.0 Å². The molecule has 0 aliphatic heterocycles. The first kappa shape index (κ1) is 42.3. The summed E-state index contributed by atoms with van der Waals surface area (Å²) in [5.74, 6) is -0.106. The van der Waals surface area contributed by atoms with Crippen molar-refractivity contribution in [1.82, 2.24) is 0 Å². The molecule has 0 bridgehead atoms. The van der Waals surface area contributed by atoms with Crippen LogP contribution in [0.1, 0.15) is 194 Å². The number of unbranched alkanes of at least 4 members (excludes halogenated alkanes) is 25. The van der Waals surface area contributed by atoms with Crippen LogP contribution in [0.25, 0.3) is 0 Å². The first-order valence-corrected chi connectivity index (χ1v) is 19.2. The first-order chi connectivity index (χ1) is 21.3. The van der Waals surface area contributed by atoms with Gasteiger partial charge in [-0.15, -0.1) is 0 Å². The molecule has 0 saturated heterocycles. The highest BCUT2D eigenvalue weighted by Gasteiger charge is 2.03. The summed E-state index contributed by atoms with van der Waals surface area (Å²) in [6, 6.07) is 0. The van der Waals surface area contributed by atoms with Crippen molar-refractivity contribution in [3.8, 4) is 0 Å². The van der Waals surface area contributed by atoms with Gasteiger partial charge in [-0.25, -0.2) is 0 Å². The summed E-state index contributed by atoms with van der Waals surface area (Å²) in [7, 11) is 0. The third-order valence-electron chi connectivity index (χ3n) is 8.36. The molecule has 0 fully saturated rings. The molecule has 0 aromatic rings. The van der Waals surface area contributed by atoms with Crippen molar-refractivity contribution < 1.29 is 23.7 Å². The number of ether oxygens (including phenoxy) is 4. The van der Waals surface area contributed by atoms with Gasteiger partial charge >= 0.3 is 5.97 Å². The molecule has 0 spiro atoms. The molecule has 0 unspecified atom stereocenters. The predicted molar refractivity (Wildman–Crippen MR) is 184 cm³/mol. The molecule has 0 atom stereocenters. The fourth-order valence-corrected chi connectivity index (χ4v) is 5.51. The van der Waals surface area contributed by atoms with E-state index in [2.05, 4.69) is 13.8 Å². The number of hydrogen-bond acceptors (Lipinski definition) is 5. The van der Waals surface area contributed by atoms with Gasteiger partial charge < -0.3 is 18.9 Å². The van der Waals surface area contributed by atoms with Crippen molar-refractivity contribution >= 4 is 5.97 Å². The standard InChI is InChI=1S/C38H76O5/c1-3-5-7-9-11-12-13-14-15-16-17-18-19-20-21-22-23-25-27-29-31-40-32-33-41-34-35-42-36-37-43-38(39)30-28-26-24-10-8-6-4-2/h3-37H2,1-2H3. The Labute approximate surface area is 269 Å². The van der Waals surface area contributed by atoms with Crippen LogP contribution in [0, 0.1) is 0 Å². The summed E-state index contributed by atoms with van der Waals surface area (Å²) in [5.41, 5.74) is 0. The second kappa shape index (κ2) is 39.4. The molecule has 0 rings (SSSR count). The number of esters is 1. The van der Waals surface area contributed by atoms with Gasteiger partial charge in [0.25, 0.3) is 0 Å². The Balaban J connectivity index is 3.09. The molecular formula is C38H76O5. The Morgan fingerprint density at radius 2 is 0.605 bits per heavy atom. The van der Waals surface area contributed by atoms with Gasteiger partial charge in [0.2, 0.25) is 0 Å². The van der Waals surface area contributed by atoms with Crippen LogP contribution >= 0.6 is 0 Å². The van der Waals surface area contributed by atoms with Gasteiger partial charge in [0.15, 0.2) is 0 Å². The zero-order chi connectivity index (χ0) is 31.2. The maximum Gasteiger partial charge on any atom is 0.305 e. The molecule has 0 aromatic heterocycles. The molecule has 258 valence electrons. The Kier molecular flexibility index (Phi) is 38.8. The van der Waals surface area contributed by atoms with Crippen LogP contribution in [-0.4, -0.2) is 52.2 Å². The minimum atomic E-state index is -0.106. The third kappa shape index (κ3) is 39.3. The largest absolute Gasteiger partial charge is 0.463 e. The van der Waals surface area contributed by atoms with Gasteiger partial charge in [-0.2, -0.15) is 0 Å². The van der Waals surface area contributed by atoms with Crippen LogP contribution in [-0.2, 0) is 23.7 Å². The summed E-state index contributed by atoms with van der Waals surface area (Å²) in [6.07, 6.45) is 37.2. The predicted octanol–water partition coefficient (Wildman–Crippen LogP) is 11.5. The van der Waals surface area contributed by atoms with E-state index in [1.165, 1.54) is 154 Å². The van der Waals surface area contributed by atoms with E-state index in [1.807, 2.05) is 0 Å². The Morgan fingerprint density at radius 1 is 0.326 bits per heavy atom. The molecule has 5 nitrogen and oxygen atoms in total. The van der Waals surface area contributed by atoms with Crippen molar-refractivity contribution in [2.45, 2.75) is 194 Å². The van der Waals surface area contributed by atoms with Gasteiger partial charge in [0.05, 0.1) is 33.0 Å². The average molecular weight is 613 g/mol. The van der Waals surface area contributed by atoms with Crippen LogP contribution in [0.4, 0.5) is 0 Å². The number of rotatable bonds is 38. The summed E-state index contributed by atoms with van der Waals surface area (Å²) in [6.45, 7) is 8.45. The molecule has 0 N–H and O–H groups in total. The quantitative estimate of drug-likeness (QED) is 0.0513. The molecule has 0 saturated carbocycles. The molecule has 0 radical (unpaired) electrons. The van der Waals surface area contributed by atoms with Crippen LogP contribution in [0.2, 0.25) is 0 Å². The zero-order valence-corrected chi connectivity index (χ0v) is 29.3. The summed E-state index contributed by atoms with van der Waals surface area (Å²) < 4.78 is 21.9. The molecule has 0 aliphatic rings. The monoisotopic (exact) mass is 613 g/mol. The fraction of sp³-hybridized carbons (Fsp3) is 0.974. The minimum absolute atomic E-state index is 0.106. The number of carbonyl (C=O) groups excluding carboxylic acids is 1. The average Bonchev–Trinajstić information content (AvgIpc) is 3.01. The van der Waals surface area contributed by atoms with E-state index < -0.39 is 0 Å². The third-order valence-corrected chi connectivity index (χ3v) is 8.36. The van der Waals surface area contributed by atoms with E-state index in [-0.39, 0.29) is 5.97 Å². The summed E-state index contributed by atoms with van der Waals surface area (Å²) in [4.78, 5) is 11.7. The molecular weight excluding hydrogens is 536 g/mol. The van der Waals surface area contributed by atoms with Crippen LogP contribution < -0.4 is 0 Å². The summed E-state index contributed by atoms with van der Waals surface area (Å²) >= 11 is 0. The maximum atomic E-state index is 11.7. The van der Waals surface area contributed by atoms with E-state index in [4.69, 9.17) is 18.9 Å². The van der Waals surface area contributed by atoms with Crippen molar-refractivity contribution in [3.05, 3.63) is 0 Å². The molecule has 0 aliphatic carbocycles. The second-order valence-corrected chi connectivity index (χ2v) is 12.6. The van der Waals surface area contributed by atoms with E-state index in [9.17, 15) is 4.79 Å². The lowest BCUT2D eigenvalue weighted by atomic mass is 10.0. The van der Waals surface area contributed by atoms with Crippen LogP contribution in [0.15, 0.2) is 0 Å². The maximum absolute atomic E-state index is 11.7. The highest BCUT2D eigenvalue weighted by molar-refractivity contribution is 5.69. The smallest absolute Gasteiger partial charge is 0.305 e. The van der Waals surface area contributed by atoms with E-state index >= 15 is 0 Å². The molecule has 0 heterocycles. The Hall–Kier alpha value is -0.650. The molecule has 5 heteroatoms. The molecule has 43 heavy (non-hydrogen) atoms. The van der Waals surface area contributed by atoms with Crippen molar-refractivity contribution in [2.24, 2.45) is 0 Å². The zero-order valence-electron chi connectivity index (χ0n) is 29.3. The van der Waals surface area contributed by atoms with Crippen LogP contribution in [0.5, 0.6) is 0 Å². The SMILES string of the molecule is CCCCCCCCCCCCCCCCCCCCCCOCCOCCOCCOC(=O)CCCCCCCCC. The molecule has 0 aromatic carbocycles. The highest BCUT2D eigenvalue weighted by atomic mass is 16.6. The Bertz CT molecular complexity index is 513. The van der Waals surface area contributed by atoms with Gasteiger partial charge in [-0.1, -0.05) is 174 Å². The van der Waals surface area contributed by atoms with Gasteiger partial charge in [0.1, 0.15) is 6.61 Å². The number of carbonyl (C=O) groups is 1. The minimum Gasteiger partial charge on any atom is -0.463 e. The van der Waals surface area contributed by atoms with Crippen LogP contribution in [0.3, 0.4) is 0 Å². The van der Waals surface area contributed by atoms with E-state index in [0.717, 1.165) is 25.9 Å². The molecule has 0 amide bonds. The van der Waals surface area contributed by atoms with Gasteiger partial charge in [-0.3, -0.25) is 4.79 Å². The Morgan fingerprint density at radius 3 is 0.977 bits per heavy atom. The van der Waals surface area contributed by atoms with Crippen molar-refractivity contribution in [3.63, 3.8) is 0 Å². The first-order valence-electron chi connectivity index (χ1n) is 19.2. The highest BCUT2D eigenvalue weighted by Crippen LogP contribution is 2.15. The van der Waals surface area contributed by atoms with E-state index in [0.29, 0.717) is 46.1 Å².